The maximum Gasteiger partial charge on any atom is 0.238 e. The number of halogens is 1. The van der Waals surface area contributed by atoms with Gasteiger partial charge in [-0.05, 0) is 42.7 Å². The molecule has 10 heteroatoms. The highest BCUT2D eigenvalue weighted by atomic mass is 35.5. The first kappa shape index (κ1) is 19.6. The molecule has 3 aromatic rings. The molecular weight excluding hydrogens is 416 g/mol. The molecule has 0 spiro atoms. The van der Waals surface area contributed by atoms with Crippen molar-refractivity contribution in [3.8, 4) is 11.4 Å². The lowest BCUT2D eigenvalue weighted by molar-refractivity contribution is -0.115. The van der Waals surface area contributed by atoms with Gasteiger partial charge < -0.3 is 9.84 Å². The van der Waals surface area contributed by atoms with Crippen molar-refractivity contribution in [2.45, 2.75) is 30.1 Å². The molecule has 1 aromatic heterocycles. The third-order valence-corrected chi connectivity index (χ3v) is 5.81. The summed E-state index contributed by atoms with van der Waals surface area (Å²) in [4.78, 5) is 16.4. The molecule has 0 unspecified atom stereocenters. The van der Waals surface area contributed by atoms with Crippen LogP contribution in [0.1, 0.15) is 30.2 Å². The average Bonchev–Trinajstić information content (AvgIpc) is 3.40. The predicted octanol–water partition coefficient (Wildman–Crippen LogP) is 3.10. The number of carbonyl (C=O) groups excluding carboxylic acids is 1. The number of aromatic nitrogens is 2. The number of nitrogens with two attached hydrogens (primary N) is 1. The number of primary sulfonamides is 1. The predicted molar refractivity (Wildman–Crippen MR) is 107 cm³/mol. The van der Waals surface area contributed by atoms with Gasteiger partial charge in [-0.3, -0.25) is 4.79 Å². The van der Waals surface area contributed by atoms with Crippen molar-refractivity contribution in [3.05, 3.63) is 58.9 Å². The van der Waals surface area contributed by atoms with E-state index in [9.17, 15) is 13.2 Å². The molecule has 3 N–H and O–H groups in total. The summed E-state index contributed by atoms with van der Waals surface area (Å²) >= 11 is 6.07. The smallest absolute Gasteiger partial charge is 0.238 e. The summed E-state index contributed by atoms with van der Waals surface area (Å²) in [6.45, 7) is 0. The molecule has 2 aromatic carbocycles. The van der Waals surface area contributed by atoms with Crippen LogP contribution in [-0.2, 0) is 21.2 Å². The molecular formula is C19H17ClN4O4S. The largest absolute Gasteiger partial charge is 0.339 e. The van der Waals surface area contributed by atoms with Gasteiger partial charge in [0.25, 0.3) is 0 Å². The lowest BCUT2D eigenvalue weighted by Crippen LogP contribution is -2.17. The Kier molecular flexibility index (Phi) is 5.12. The van der Waals surface area contributed by atoms with Crippen LogP contribution in [0.15, 0.2) is 51.9 Å². The summed E-state index contributed by atoms with van der Waals surface area (Å²) in [5.41, 5.74) is 1.15. The number of amides is 1. The van der Waals surface area contributed by atoms with E-state index in [0.717, 1.165) is 12.8 Å². The normalized spacial score (nSPS) is 14.0. The van der Waals surface area contributed by atoms with Crippen LogP contribution in [0.2, 0.25) is 5.02 Å². The minimum atomic E-state index is -4.09. The van der Waals surface area contributed by atoms with Gasteiger partial charge in [-0.2, -0.15) is 4.98 Å². The van der Waals surface area contributed by atoms with E-state index in [2.05, 4.69) is 15.5 Å². The average molecular weight is 433 g/mol. The van der Waals surface area contributed by atoms with E-state index in [0.29, 0.717) is 16.5 Å². The van der Waals surface area contributed by atoms with Crippen LogP contribution in [0.3, 0.4) is 0 Å². The molecule has 0 saturated heterocycles. The van der Waals surface area contributed by atoms with E-state index in [1.54, 1.807) is 30.3 Å². The number of sulfonamides is 1. The minimum absolute atomic E-state index is 0.0434. The molecule has 1 aliphatic carbocycles. The molecule has 0 aliphatic heterocycles. The van der Waals surface area contributed by atoms with Crippen LogP contribution in [0.4, 0.5) is 5.69 Å². The molecule has 4 rings (SSSR count). The fourth-order valence-corrected chi connectivity index (χ4v) is 3.84. The van der Waals surface area contributed by atoms with Crippen molar-refractivity contribution in [2.75, 3.05) is 5.32 Å². The highest BCUT2D eigenvalue weighted by Crippen LogP contribution is 2.40. The van der Waals surface area contributed by atoms with E-state index < -0.39 is 10.0 Å². The topological polar surface area (TPSA) is 128 Å². The molecule has 0 radical (unpaired) electrons. The Bertz CT molecular complexity index is 1190. The van der Waals surface area contributed by atoms with Gasteiger partial charge in [0.15, 0.2) is 0 Å². The lowest BCUT2D eigenvalue weighted by atomic mass is 10.1. The van der Waals surface area contributed by atoms with Crippen molar-refractivity contribution in [1.29, 1.82) is 0 Å². The van der Waals surface area contributed by atoms with Crippen LogP contribution >= 0.6 is 11.6 Å². The van der Waals surface area contributed by atoms with Gasteiger partial charge in [0, 0.05) is 22.2 Å². The van der Waals surface area contributed by atoms with Crippen molar-refractivity contribution in [3.63, 3.8) is 0 Å². The van der Waals surface area contributed by atoms with Crippen LogP contribution < -0.4 is 10.5 Å². The summed E-state index contributed by atoms with van der Waals surface area (Å²) in [5.74, 6) is 0.515. The van der Waals surface area contributed by atoms with E-state index in [1.807, 2.05) is 0 Å². The van der Waals surface area contributed by atoms with Crippen LogP contribution in [-0.4, -0.2) is 24.5 Å². The molecule has 1 heterocycles. The molecule has 1 aliphatic rings. The molecule has 1 fully saturated rings. The molecule has 0 bridgehead atoms. The Morgan fingerprint density at radius 2 is 2.00 bits per heavy atom. The first-order valence-corrected chi connectivity index (χ1v) is 10.8. The Morgan fingerprint density at radius 1 is 1.24 bits per heavy atom. The first-order valence-electron chi connectivity index (χ1n) is 8.85. The standard InChI is InChI=1S/C19H17ClN4O4S/c20-15-4-2-1-3-12(15)9-17(25)22-13-7-8-14(16(10-13)29(21,26)27)18-23-19(28-24-18)11-5-6-11/h1-4,7-8,10-11H,5-6,9H2,(H,22,25)(H2,21,26,27). The summed E-state index contributed by atoms with van der Waals surface area (Å²) in [7, 11) is -4.09. The maximum atomic E-state index is 12.3. The number of rotatable bonds is 6. The third kappa shape index (κ3) is 4.47. The second-order valence-corrected chi connectivity index (χ2v) is 8.74. The quantitative estimate of drug-likeness (QED) is 0.615. The summed E-state index contributed by atoms with van der Waals surface area (Å²) in [6, 6.07) is 11.3. The van der Waals surface area contributed by atoms with Gasteiger partial charge in [-0.15, -0.1) is 0 Å². The second-order valence-electron chi connectivity index (χ2n) is 6.80. The van der Waals surface area contributed by atoms with E-state index in [-0.39, 0.29) is 40.2 Å². The Hall–Kier alpha value is -2.75. The number of nitrogens with zero attached hydrogens (tertiary/aromatic N) is 2. The van der Waals surface area contributed by atoms with Gasteiger partial charge >= 0.3 is 0 Å². The Morgan fingerprint density at radius 3 is 2.69 bits per heavy atom. The van der Waals surface area contributed by atoms with Gasteiger partial charge in [0.05, 0.1) is 11.3 Å². The zero-order valence-electron chi connectivity index (χ0n) is 15.1. The number of anilines is 1. The maximum absolute atomic E-state index is 12.3. The molecule has 29 heavy (non-hydrogen) atoms. The van der Waals surface area contributed by atoms with Crippen molar-refractivity contribution in [2.24, 2.45) is 5.14 Å². The van der Waals surface area contributed by atoms with Crippen LogP contribution in [0.25, 0.3) is 11.4 Å². The van der Waals surface area contributed by atoms with Crippen molar-refractivity contribution >= 4 is 33.2 Å². The molecule has 1 saturated carbocycles. The highest BCUT2D eigenvalue weighted by Gasteiger charge is 2.30. The summed E-state index contributed by atoms with van der Waals surface area (Å²) in [5, 5.41) is 12.4. The third-order valence-electron chi connectivity index (χ3n) is 4.49. The monoisotopic (exact) mass is 432 g/mol. The molecule has 8 nitrogen and oxygen atoms in total. The number of benzene rings is 2. The van der Waals surface area contributed by atoms with Crippen LogP contribution in [0.5, 0.6) is 0 Å². The highest BCUT2D eigenvalue weighted by molar-refractivity contribution is 7.89. The zero-order chi connectivity index (χ0) is 20.6. The SMILES string of the molecule is NS(=O)(=O)c1cc(NC(=O)Cc2ccccc2Cl)ccc1-c1noc(C2CC2)n1. The molecule has 1 amide bonds. The number of hydrogen-bond donors (Lipinski definition) is 2. The van der Waals surface area contributed by atoms with Gasteiger partial charge in [0.2, 0.25) is 27.6 Å². The Balaban J connectivity index is 1.60. The van der Waals surface area contributed by atoms with Gasteiger partial charge in [-0.1, -0.05) is 35.0 Å². The molecule has 0 atom stereocenters. The molecule has 150 valence electrons. The van der Waals surface area contributed by atoms with E-state index in [4.69, 9.17) is 21.3 Å². The zero-order valence-corrected chi connectivity index (χ0v) is 16.7. The minimum Gasteiger partial charge on any atom is -0.339 e. The summed E-state index contributed by atoms with van der Waals surface area (Å²) in [6.07, 6.45) is 1.99. The van der Waals surface area contributed by atoms with Crippen molar-refractivity contribution in [1.82, 2.24) is 10.1 Å². The fraction of sp³-hybridized carbons (Fsp3) is 0.211. The first-order chi connectivity index (χ1) is 13.8. The van der Waals surface area contributed by atoms with Gasteiger partial charge in [0.1, 0.15) is 0 Å². The Labute approximate surface area is 172 Å². The van der Waals surface area contributed by atoms with Crippen molar-refractivity contribution < 1.29 is 17.7 Å². The van der Waals surface area contributed by atoms with E-state index in [1.165, 1.54) is 12.1 Å². The number of carbonyl (C=O) groups is 1. The van der Waals surface area contributed by atoms with Gasteiger partial charge in [-0.25, -0.2) is 13.6 Å². The number of hydrogen-bond acceptors (Lipinski definition) is 6. The second kappa shape index (κ2) is 7.58. The van der Waals surface area contributed by atoms with E-state index >= 15 is 0 Å². The fourth-order valence-electron chi connectivity index (χ4n) is 2.88. The lowest BCUT2D eigenvalue weighted by Gasteiger charge is -2.10. The number of nitrogens with one attached hydrogen (secondary N) is 1. The van der Waals surface area contributed by atoms with Crippen LogP contribution in [0, 0.1) is 0 Å². The summed E-state index contributed by atoms with van der Waals surface area (Å²) < 4.78 is 29.4.